The molecule has 3 nitrogen and oxygen atoms in total. The van der Waals surface area contributed by atoms with Crippen LogP contribution in [-0.2, 0) is 4.79 Å². The van der Waals surface area contributed by atoms with Crippen LogP contribution in [0, 0.1) is 5.41 Å². The molecule has 0 saturated heterocycles. The normalized spacial score (nSPS) is 19.4. The maximum Gasteiger partial charge on any atom is 0.226 e. The van der Waals surface area contributed by atoms with Gasteiger partial charge in [0, 0.05) is 5.41 Å². The van der Waals surface area contributed by atoms with E-state index in [1.54, 1.807) is 0 Å². The molecule has 2 rings (SSSR count). The van der Waals surface area contributed by atoms with Crippen molar-refractivity contribution in [2.75, 3.05) is 6.61 Å². The van der Waals surface area contributed by atoms with Crippen molar-refractivity contribution in [3.63, 3.8) is 0 Å². The summed E-state index contributed by atoms with van der Waals surface area (Å²) >= 11 is 0. The van der Waals surface area contributed by atoms with Crippen LogP contribution < -0.4 is 5.32 Å². The second-order valence-corrected chi connectivity index (χ2v) is 5.39. The van der Waals surface area contributed by atoms with Crippen molar-refractivity contribution < 1.29 is 9.90 Å². The summed E-state index contributed by atoms with van der Waals surface area (Å²) in [5.41, 5.74) is 0.706. The van der Waals surface area contributed by atoms with Gasteiger partial charge in [0.25, 0.3) is 0 Å². The fraction of sp³-hybridized carbons (Fsp3) is 0.533. The van der Waals surface area contributed by atoms with Crippen LogP contribution in [0.3, 0.4) is 0 Å². The lowest BCUT2D eigenvalue weighted by Gasteiger charge is -2.26. The molecule has 18 heavy (non-hydrogen) atoms. The van der Waals surface area contributed by atoms with Gasteiger partial charge in [-0.05, 0) is 18.4 Å². The number of nitrogens with one attached hydrogen (secondary N) is 1. The van der Waals surface area contributed by atoms with Crippen molar-refractivity contribution in [1.29, 1.82) is 0 Å². The molecular formula is C15H21NO2. The number of carbonyl (C=O) groups is 1. The number of aliphatic hydroxyl groups excluding tert-OH is 1. The topological polar surface area (TPSA) is 49.3 Å². The van der Waals surface area contributed by atoms with E-state index >= 15 is 0 Å². The molecule has 1 saturated carbocycles. The highest BCUT2D eigenvalue weighted by Crippen LogP contribution is 2.38. The van der Waals surface area contributed by atoms with Gasteiger partial charge in [0.1, 0.15) is 0 Å². The number of hydrogen-bond acceptors (Lipinski definition) is 2. The minimum absolute atomic E-state index is 0.0637. The van der Waals surface area contributed by atoms with Gasteiger partial charge in [-0.3, -0.25) is 4.79 Å². The van der Waals surface area contributed by atoms with Gasteiger partial charge in [-0.15, -0.1) is 0 Å². The lowest BCUT2D eigenvalue weighted by Crippen LogP contribution is -2.40. The van der Waals surface area contributed by atoms with E-state index in [9.17, 15) is 9.90 Å². The number of aliphatic hydroxyl groups is 1. The smallest absolute Gasteiger partial charge is 0.226 e. The molecule has 1 amide bonds. The van der Waals surface area contributed by atoms with Gasteiger partial charge >= 0.3 is 0 Å². The number of hydrogen-bond donors (Lipinski definition) is 2. The summed E-state index contributed by atoms with van der Waals surface area (Å²) in [6.45, 7) is 1.96. The average molecular weight is 247 g/mol. The molecule has 1 unspecified atom stereocenters. The fourth-order valence-corrected chi connectivity index (χ4v) is 2.63. The van der Waals surface area contributed by atoms with Gasteiger partial charge < -0.3 is 10.4 Å². The van der Waals surface area contributed by atoms with Gasteiger partial charge in [-0.25, -0.2) is 0 Å². The van der Waals surface area contributed by atoms with Gasteiger partial charge in [0.2, 0.25) is 5.91 Å². The van der Waals surface area contributed by atoms with Crippen LogP contribution in [0.1, 0.15) is 44.2 Å². The van der Waals surface area contributed by atoms with Crippen molar-refractivity contribution in [3.05, 3.63) is 35.9 Å². The Kier molecular flexibility index (Phi) is 4.02. The zero-order valence-electron chi connectivity index (χ0n) is 10.9. The van der Waals surface area contributed by atoms with E-state index in [4.69, 9.17) is 0 Å². The summed E-state index contributed by atoms with van der Waals surface area (Å²) < 4.78 is 0. The summed E-state index contributed by atoms with van der Waals surface area (Å²) in [5, 5.41) is 12.4. The number of rotatable bonds is 4. The van der Waals surface area contributed by atoms with Crippen molar-refractivity contribution in [3.8, 4) is 0 Å². The van der Waals surface area contributed by atoms with E-state index in [0.717, 1.165) is 31.2 Å². The van der Waals surface area contributed by atoms with Crippen molar-refractivity contribution in [1.82, 2.24) is 5.32 Å². The zero-order valence-corrected chi connectivity index (χ0v) is 10.9. The van der Waals surface area contributed by atoms with Crippen LogP contribution in [0.25, 0.3) is 0 Å². The molecule has 0 aromatic heterocycles. The molecule has 3 heteroatoms. The summed E-state index contributed by atoms with van der Waals surface area (Å²) in [5.74, 6) is 0.0721. The first-order valence-electron chi connectivity index (χ1n) is 6.62. The molecule has 0 heterocycles. The van der Waals surface area contributed by atoms with E-state index in [1.165, 1.54) is 0 Å². The molecular weight excluding hydrogens is 226 g/mol. The second kappa shape index (κ2) is 5.53. The average Bonchev–Trinajstić information content (AvgIpc) is 2.85. The first kappa shape index (κ1) is 13.1. The largest absolute Gasteiger partial charge is 0.394 e. The highest BCUT2D eigenvalue weighted by atomic mass is 16.3. The van der Waals surface area contributed by atoms with E-state index in [1.807, 2.05) is 37.3 Å². The third kappa shape index (κ3) is 2.72. The molecule has 0 bridgehead atoms. The third-order valence-corrected chi connectivity index (χ3v) is 3.95. The molecule has 98 valence electrons. The van der Waals surface area contributed by atoms with Gasteiger partial charge in [-0.2, -0.15) is 0 Å². The highest BCUT2D eigenvalue weighted by Gasteiger charge is 2.37. The Labute approximate surface area is 108 Å². The van der Waals surface area contributed by atoms with E-state index < -0.39 is 0 Å². The molecule has 1 aromatic carbocycles. The summed E-state index contributed by atoms with van der Waals surface area (Å²) in [6.07, 6.45) is 4.15. The predicted octanol–water partition coefficient (Wildman–Crippen LogP) is 2.42. The molecule has 1 aliphatic carbocycles. The first-order chi connectivity index (χ1) is 8.65. The molecule has 2 N–H and O–H groups in total. The molecule has 1 aliphatic rings. The standard InChI is InChI=1S/C15H21NO2/c1-15(9-5-6-10-15)14(18)16-13(11-17)12-7-3-2-4-8-12/h2-4,7-8,13,17H,5-6,9-11H2,1H3,(H,16,18). The third-order valence-electron chi connectivity index (χ3n) is 3.95. The summed E-state index contributed by atoms with van der Waals surface area (Å²) in [6, 6.07) is 9.33. The van der Waals surface area contributed by atoms with Crippen LogP contribution in [0.5, 0.6) is 0 Å². The minimum Gasteiger partial charge on any atom is -0.394 e. The fourth-order valence-electron chi connectivity index (χ4n) is 2.63. The Morgan fingerprint density at radius 2 is 1.94 bits per heavy atom. The van der Waals surface area contributed by atoms with Crippen molar-refractivity contribution in [2.24, 2.45) is 5.41 Å². The summed E-state index contributed by atoms with van der Waals surface area (Å²) in [4.78, 5) is 12.3. The highest BCUT2D eigenvalue weighted by molar-refractivity contribution is 5.82. The molecule has 1 atom stereocenters. The lowest BCUT2D eigenvalue weighted by molar-refractivity contribution is -0.131. The van der Waals surface area contributed by atoms with E-state index in [-0.39, 0.29) is 24.0 Å². The van der Waals surface area contributed by atoms with Gasteiger partial charge in [0.05, 0.1) is 12.6 Å². The molecule has 0 spiro atoms. The van der Waals surface area contributed by atoms with Gasteiger partial charge in [-0.1, -0.05) is 50.1 Å². The SMILES string of the molecule is CC1(C(=O)NC(CO)c2ccccc2)CCCC1. The number of amides is 1. The Morgan fingerprint density at radius 1 is 1.33 bits per heavy atom. The van der Waals surface area contributed by atoms with Crippen LogP contribution >= 0.6 is 0 Å². The zero-order chi connectivity index (χ0) is 13.0. The maximum atomic E-state index is 12.3. The van der Waals surface area contributed by atoms with Crippen LogP contribution in [-0.4, -0.2) is 17.6 Å². The Balaban J connectivity index is 2.05. The van der Waals surface area contributed by atoms with E-state index in [0.29, 0.717) is 0 Å². The van der Waals surface area contributed by atoms with E-state index in [2.05, 4.69) is 5.32 Å². The minimum atomic E-state index is -0.295. The maximum absolute atomic E-state index is 12.3. The molecule has 1 aromatic rings. The van der Waals surface area contributed by atoms with Gasteiger partial charge in [0.15, 0.2) is 0 Å². The molecule has 0 aliphatic heterocycles. The Morgan fingerprint density at radius 3 is 2.50 bits per heavy atom. The number of carbonyl (C=O) groups excluding carboxylic acids is 1. The monoisotopic (exact) mass is 247 g/mol. The Hall–Kier alpha value is -1.35. The van der Waals surface area contributed by atoms with Crippen LogP contribution in [0.2, 0.25) is 0 Å². The van der Waals surface area contributed by atoms with Crippen molar-refractivity contribution in [2.45, 2.75) is 38.6 Å². The van der Waals surface area contributed by atoms with Crippen molar-refractivity contribution >= 4 is 5.91 Å². The molecule has 0 radical (unpaired) electrons. The van der Waals surface area contributed by atoms with Crippen LogP contribution in [0.15, 0.2) is 30.3 Å². The number of benzene rings is 1. The lowest BCUT2D eigenvalue weighted by atomic mass is 9.87. The molecule has 1 fully saturated rings. The summed E-state index contributed by atoms with van der Waals surface area (Å²) in [7, 11) is 0. The first-order valence-corrected chi connectivity index (χ1v) is 6.62. The Bertz CT molecular complexity index is 396. The van der Waals surface area contributed by atoms with Crippen LogP contribution in [0.4, 0.5) is 0 Å². The second-order valence-electron chi connectivity index (χ2n) is 5.39. The quantitative estimate of drug-likeness (QED) is 0.858. The predicted molar refractivity (Wildman–Crippen MR) is 71.0 cm³/mol.